The van der Waals surface area contributed by atoms with Crippen molar-refractivity contribution >= 4 is 23.3 Å². The molecule has 0 fully saturated rings. The Kier molecular flexibility index (Phi) is 6.65. The van der Waals surface area contributed by atoms with Crippen LogP contribution in [0.2, 0.25) is 0 Å². The highest BCUT2D eigenvalue weighted by Gasteiger charge is 2.16. The highest BCUT2D eigenvalue weighted by atomic mass is 16.5. The van der Waals surface area contributed by atoms with Gasteiger partial charge in [-0.2, -0.15) is 10.1 Å². The predicted octanol–water partition coefficient (Wildman–Crippen LogP) is 2.09. The topological polar surface area (TPSA) is 116 Å². The lowest BCUT2D eigenvalue weighted by atomic mass is 10.2. The molecular formula is C23H24N6O4. The molecule has 0 amide bonds. The summed E-state index contributed by atoms with van der Waals surface area (Å²) in [7, 11) is 3.11. The second-order valence-electron chi connectivity index (χ2n) is 7.28. The van der Waals surface area contributed by atoms with Crippen molar-refractivity contribution in [2.75, 3.05) is 19.1 Å². The van der Waals surface area contributed by atoms with Crippen molar-refractivity contribution in [1.29, 1.82) is 0 Å². The number of aromatic amines is 1. The molecule has 33 heavy (non-hydrogen) atoms. The number of aryl methyl sites for hydroxylation is 1. The molecule has 2 N–H and O–H groups in total. The molecule has 170 valence electrons. The molecule has 10 nitrogen and oxygen atoms in total. The zero-order chi connectivity index (χ0) is 23.2. The van der Waals surface area contributed by atoms with Crippen molar-refractivity contribution < 1.29 is 9.47 Å². The van der Waals surface area contributed by atoms with Gasteiger partial charge in [0.05, 0.1) is 12.8 Å². The Morgan fingerprint density at radius 2 is 1.88 bits per heavy atom. The lowest BCUT2D eigenvalue weighted by Crippen LogP contribution is -2.29. The fraction of sp³-hybridized carbons (Fsp3) is 0.217. The van der Waals surface area contributed by atoms with Crippen molar-refractivity contribution in [1.82, 2.24) is 19.1 Å². The number of benzene rings is 2. The lowest BCUT2D eigenvalue weighted by Gasteiger charge is -2.07. The lowest BCUT2D eigenvalue weighted by molar-refractivity contribution is 0.188. The molecule has 10 heteroatoms. The third-order valence-electron chi connectivity index (χ3n) is 5.03. The maximum Gasteiger partial charge on any atom is 0.329 e. The molecule has 4 rings (SSSR count). The fourth-order valence-electron chi connectivity index (χ4n) is 3.28. The van der Waals surface area contributed by atoms with E-state index in [0.29, 0.717) is 25.7 Å². The summed E-state index contributed by atoms with van der Waals surface area (Å²) in [6.07, 6.45) is 1.63. The van der Waals surface area contributed by atoms with E-state index in [2.05, 4.69) is 20.5 Å². The molecule has 0 radical (unpaired) electrons. The Balaban J connectivity index is 1.49. The van der Waals surface area contributed by atoms with Gasteiger partial charge >= 0.3 is 5.69 Å². The number of fused-ring (bicyclic) bond motifs is 1. The summed E-state index contributed by atoms with van der Waals surface area (Å²) in [5.41, 5.74) is 4.29. The molecule has 2 aromatic heterocycles. The van der Waals surface area contributed by atoms with E-state index < -0.39 is 11.2 Å². The number of methoxy groups -OCH3 is 1. The van der Waals surface area contributed by atoms with Crippen molar-refractivity contribution in [3.05, 3.63) is 86.6 Å². The maximum atomic E-state index is 12.4. The SMILES string of the molecule is COCCn1c(NN=Cc2ccc(OCc3ccccc3)cc2)nc2c1c(=O)[nH]c(=O)n2C. The largest absolute Gasteiger partial charge is 0.489 e. The van der Waals surface area contributed by atoms with E-state index in [1.807, 2.05) is 54.6 Å². The Labute approximate surface area is 189 Å². The number of aromatic nitrogens is 4. The first-order valence-corrected chi connectivity index (χ1v) is 10.3. The summed E-state index contributed by atoms with van der Waals surface area (Å²) < 4.78 is 13.8. The van der Waals surface area contributed by atoms with E-state index in [1.165, 1.54) is 4.57 Å². The predicted molar refractivity (Wildman–Crippen MR) is 126 cm³/mol. The summed E-state index contributed by atoms with van der Waals surface area (Å²) in [6.45, 7) is 1.21. The monoisotopic (exact) mass is 448 g/mol. The van der Waals surface area contributed by atoms with Crippen LogP contribution in [0.25, 0.3) is 11.2 Å². The number of hydrogen-bond donors (Lipinski definition) is 2. The van der Waals surface area contributed by atoms with Gasteiger partial charge in [0.2, 0.25) is 5.95 Å². The summed E-state index contributed by atoms with van der Waals surface area (Å²) in [4.78, 5) is 31.0. The van der Waals surface area contributed by atoms with Crippen LogP contribution >= 0.6 is 0 Å². The van der Waals surface area contributed by atoms with Crippen LogP contribution in [-0.4, -0.2) is 39.0 Å². The zero-order valence-corrected chi connectivity index (χ0v) is 18.3. The Morgan fingerprint density at radius 1 is 1.12 bits per heavy atom. The zero-order valence-electron chi connectivity index (χ0n) is 18.3. The van der Waals surface area contributed by atoms with Crippen LogP contribution in [0.1, 0.15) is 11.1 Å². The number of nitrogens with zero attached hydrogens (tertiary/aromatic N) is 4. The Hall–Kier alpha value is -4.18. The second-order valence-corrected chi connectivity index (χ2v) is 7.28. The van der Waals surface area contributed by atoms with Crippen LogP contribution < -0.4 is 21.4 Å². The van der Waals surface area contributed by atoms with Gasteiger partial charge in [0, 0.05) is 20.7 Å². The molecule has 2 aromatic carbocycles. The molecule has 0 unspecified atom stereocenters. The second kappa shape index (κ2) is 9.96. The van der Waals surface area contributed by atoms with Gasteiger partial charge in [0.25, 0.3) is 5.56 Å². The molecule has 0 saturated heterocycles. The minimum atomic E-state index is -0.534. The van der Waals surface area contributed by atoms with Crippen molar-refractivity contribution in [3.63, 3.8) is 0 Å². The van der Waals surface area contributed by atoms with E-state index in [9.17, 15) is 9.59 Å². The molecule has 0 spiro atoms. The number of nitrogens with one attached hydrogen (secondary N) is 2. The number of anilines is 1. The third-order valence-corrected chi connectivity index (χ3v) is 5.03. The Morgan fingerprint density at radius 3 is 2.61 bits per heavy atom. The minimum absolute atomic E-state index is 0.262. The average molecular weight is 448 g/mol. The van der Waals surface area contributed by atoms with Crippen molar-refractivity contribution in [3.8, 4) is 5.75 Å². The van der Waals surface area contributed by atoms with Crippen molar-refractivity contribution in [2.24, 2.45) is 12.1 Å². The summed E-state index contributed by atoms with van der Waals surface area (Å²) >= 11 is 0. The molecule has 4 aromatic rings. The summed E-state index contributed by atoms with van der Waals surface area (Å²) in [6, 6.07) is 17.5. The van der Waals surface area contributed by atoms with E-state index in [0.717, 1.165) is 16.9 Å². The molecule has 0 saturated carbocycles. The minimum Gasteiger partial charge on any atom is -0.489 e. The molecular weight excluding hydrogens is 424 g/mol. The van der Waals surface area contributed by atoms with Gasteiger partial charge in [-0.05, 0) is 35.4 Å². The molecule has 0 aliphatic carbocycles. The van der Waals surface area contributed by atoms with Crippen LogP contribution in [0.5, 0.6) is 5.75 Å². The van der Waals surface area contributed by atoms with E-state index >= 15 is 0 Å². The molecule has 2 heterocycles. The van der Waals surface area contributed by atoms with E-state index in [1.54, 1.807) is 24.9 Å². The van der Waals surface area contributed by atoms with Gasteiger partial charge in [0.15, 0.2) is 11.2 Å². The van der Waals surface area contributed by atoms with Gasteiger partial charge < -0.3 is 14.0 Å². The van der Waals surface area contributed by atoms with E-state index in [4.69, 9.17) is 9.47 Å². The first-order chi connectivity index (χ1) is 16.1. The number of hydrogen-bond acceptors (Lipinski definition) is 7. The Bertz CT molecular complexity index is 1370. The van der Waals surface area contributed by atoms with Crippen LogP contribution in [0.4, 0.5) is 5.95 Å². The van der Waals surface area contributed by atoms with E-state index in [-0.39, 0.29) is 11.2 Å². The number of hydrazone groups is 1. The smallest absolute Gasteiger partial charge is 0.329 e. The van der Waals surface area contributed by atoms with Gasteiger partial charge in [-0.3, -0.25) is 14.3 Å². The number of ether oxygens (including phenoxy) is 2. The summed E-state index contributed by atoms with van der Waals surface area (Å²) in [5, 5.41) is 4.24. The van der Waals surface area contributed by atoms with Crippen LogP contribution in [0.3, 0.4) is 0 Å². The standard InChI is InChI=1S/C23H24N6O4/c1-28-20-19(21(30)26-23(28)31)29(12-13-32-2)22(25-20)27-24-14-16-8-10-18(11-9-16)33-15-17-6-4-3-5-7-17/h3-11,14H,12-13,15H2,1-2H3,(H,25,27)(H,26,30,31). The average Bonchev–Trinajstić information content (AvgIpc) is 3.20. The number of imidazole rings is 1. The molecule has 0 bridgehead atoms. The van der Waals surface area contributed by atoms with Crippen LogP contribution in [-0.2, 0) is 24.9 Å². The van der Waals surface area contributed by atoms with Crippen LogP contribution in [0, 0.1) is 0 Å². The quantitative estimate of drug-likeness (QED) is 0.299. The first kappa shape index (κ1) is 22.0. The number of rotatable bonds is 9. The first-order valence-electron chi connectivity index (χ1n) is 10.3. The highest BCUT2D eigenvalue weighted by molar-refractivity contribution is 5.80. The van der Waals surface area contributed by atoms with Gasteiger partial charge in [0.1, 0.15) is 12.4 Å². The fourth-order valence-corrected chi connectivity index (χ4v) is 3.28. The van der Waals surface area contributed by atoms with Gasteiger partial charge in [-0.15, -0.1) is 0 Å². The normalized spacial score (nSPS) is 11.3. The van der Waals surface area contributed by atoms with Gasteiger partial charge in [-0.25, -0.2) is 10.2 Å². The molecule has 0 aliphatic rings. The third kappa shape index (κ3) is 5.01. The molecule has 0 atom stereocenters. The number of H-pyrrole nitrogens is 1. The molecule has 0 aliphatic heterocycles. The summed E-state index contributed by atoms with van der Waals surface area (Å²) in [5.74, 6) is 1.08. The highest BCUT2D eigenvalue weighted by Crippen LogP contribution is 2.16. The van der Waals surface area contributed by atoms with Gasteiger partial charge in [-0.1, -0.05) is 30.3 Å². The van der Waals surface area contributed by atoms with Crippen molar-refractivity contribution in [2.45, 2.75) is 13.2 Å². The van der Waals surface area contributed by atoms with Crippen LogP contribution in [0.15, 0.2) is 69.3 Å². The maximum absolute atomic E-state index is 12.4.